The van der Waals surface area contributed by atoms with Crippen LogP contribution in [0.1, 0.15) is 6.92 Å². The zero-order chi connectivity index (χ0) is 6.57. The minimum atomic E-state index is -2.63. The van der Waals surface area contributed by atoms with Crippen molar-refractivity contribution in [2.75, 3.05) is 0 Å². The zero-order valence-corrected chi connectivity index (χ0v) is 5.17. The lowest BCUT2D eigenvalue weighted by Gasteiger charge is -1.85. The fourth-order valence-corrected chi connectivity index (χ4v) is 0.501. The van der Waals surface area contributed by atoms with Crippen molar-refractivity contribution in [2.45, 2.75) is 13.0 Å². The van der Waals surface area contributed by atoms with Crippen molar-refractivity contribution in [1.82, 2.24) is 0 Å². The van der Waals surface area contributed by atoms with Gasteiger partial charge in [0.2, 0.25) is 0 Å². The standard InChI is InChI=1S/C3H5O4P/c1-3(2-4)7-8(5)6/h2-3H,1H3/p+1. The van der Waals surface area contributed by atoms with Crippen LogP contribution in [0.5, 0.6) is 0 Å². The van der Waals surface area contributed by atoms with Gasteiger partial charge in [-0.2, -0.15) is 0 Å². The molecule has 0 aromatic rings. The van der Waals surface area contributed by atoms with E-state index in [2.05, 4.69) is 4.52 Å². The third-order valence-electron chi connectivity index (χ3n) is 0.448. The van der Waals surface area contributed by atoms with Crippen LogP contribution in [0.4, 0.5) is 0 Å². The molecule has 1 N–H and O–H groups in total. The van der Waals surface area contributed by atoms with Gasteiger partial charge in [0.25, 0.3) is 0 Å². The van der Waals surface area contributed by atoms with E-state index in [-0.39, 0.29) is 0 Å². The van der Waals surface area contributed by atoms with Gasteiger partial charge in [-0.1, -0.05) is 0 Å². The quantitative estimate of drug-likeness (QED) is 0.447. The molecule has 2 atom stereocenters. The smallest absolute Gasteiger partial charge is 0.300 e. The molecular weight excluding hydrogens is 131 g/mol. The van der Waals surface area contributed by atoms with E-state index >= 15 is 0 Å². The first kappa shape index (κ1) is 7.69. The predicted molar refractivity (Wildman–Crippen MR) is 26.4 cm³/mol. The van der Waals surface area contributed by atoms with Gasteiger partial charge < -0.3 is 4.79 Å². The molecule has 0 aromatic heterocycles. The number of rotatable bonds is 3. The van der Waals surface area contributed by atoms with Gasteiger partial charge in [-0.3, -0.25) is 0 Å². The van der Waals surface area contributed by atoms with E-state index in [4.69, 9.17) is 4.89 Å². The molecule has 5 heteroatoms. The van der Waals surface area contributed by atoms with Crippen LogP contribution in [0, 0.1) is 0 Å². The van der Waals surface area contributed by atoms with E-state index in [9.17, 15) is 9.36 Å². The van der Waals surface area contributed by atoms with Crippen molar-refractivity contribution < 1.29 is 18.8 Å². The van der Waals surface area contributed by atoms with Gasteiger partial charge in [0.15, 0.2) is 12.4 Å². The number of aldehydes is 1. The first-order chi connectivity index (χ1) is 3.66. The summed E-state index contributed by atoms with van der Waals surface area (Å²) in [6, 6.07) is 0. The van der Waals surface area contributed by atoms with Crippen LogP contribution in [0.2, 0.25) is 0 Å². The van der Waals surface area contributed by atoms with Crippen molar-refractivity contribution in [3.05, 3.63) is 0 Å². The Balaban J connectivity index is 3.38. The minimum Gasteiger partial charge on any atom is -0.300 e. The second-order valence-corrected chi connectivity index (χ2v) is 1.87. The van der Waals surface area contributed by atoms with E-state index in [1.54, 1.807) is 0 Å². The van der Waals surface area contributed by atoms with Crippen LogP contribution in [-0.2, 0) is 13.9 Å². The van der Waals surface area contributed by atoms with Crippen LogP contribution in [0.15, 0.2) is 0 Å². The van der Waals surface area contributed by atoms with E-state index in [1.807, 2.05) is 0 Å². The number of carbonyl (C=O) groups excluding carboxylic acids is 1. The summed E-state index contributed by atoms with van der Waals surface area (Å²) >= 11 is 0. The van der Waals surface area contributed by atoms with Crippen molar-refractivity contribution in [3.63, 3.8) is 0 Å². The molecule has 0 rings (SSSR count). The van der Waals surface area contributed by atoms with Crippen LogP contribution in [0.25, 0.3) is 0 Å². The molecule has 0 radical (unpaired) electrons. The molecule has 0 aromatic carbocycles. The Hall–Kier alpha value is -0.310. The first-order valence-corrected chi connectivity index (χ1v) is 3.08. The minimum absolute atomic E-state index is 0.448. The molecule has 0 aliphatic rings. The van der Waals surface area contributed by atoms with Crippen molar-refractivity contribution >= 4 is 14.5 Å². The van der Waals surface area contributed by atoms with Gasteiger partial charge in [-0.05, 0) is 6.92 Å². The third kappa shape index (κ3) is 3.87. The molecule has 0 saturated heterocycles. The molecule has 0 amide bonds. The lowest BCUT2D eigenvalue weighted by atomic mass is 10.5. The fourth-order valence-electron chi connectivity index (χ4n) is 0.167. The fraction of sp³-hybridized carbons (Fsp3) is 0.667. The number of hydrogen-bond acceptors (Lipinski definition) is 3. The predicted octanol–water partition coefficient (Wildman–Crippen LogP) is 0.240. The maximum Gasteiger partial charge on any atom is 0.695 e. The van der Waals surface area contributed by atoms with Gasteiger partial charge in [0, 0.05) is 4.57 Å². The summed E-state index contributed by atoms with van der Waals surface area (Å²) in [5.74, 6) is 0. The highest BCUT2D eigenvalue weighted by molar-refractivity contribution is 7.32. The van der Waals surface area contributed by atoms with E-state index in [1.165, 1.54) is 6.92 Å². The van der Waals surface area contributed by atoms with Crippen molar-refractivity contribution in [1.29, 1.82) is 0 Å². The van der Waals surface area contributed by atoms with Crippen LogP contribution < -0.4 is 0 Å². The molecule has 0 bridgehead atoms. The molecule has 0 heterocycles. The Labute approximate surface area is 47.4 Å². The average molecular weight is 137 g/mol. The maximum atomic E-state index is 9.74. The van der Waals surface area contributed by atoms with Gasteiger partial charge in [0.05, 0.1) is 0 Å². The normalized spacial score (nSPS) is 15.0. The van der Waals surface area contributed by atoms with Crippen LogP contribution >= 0.6 is 8.25 Å². The summed E-state index contributed by atoms with van der Waals surface area (Å²) in [6.45, 7) is 1.39. The molecule has 0 spiro atoms. The highest BCUT2D eigenvalue weighted by Gasteiger charge is 2.16. The Morgan fingerprint density at radius 2 is 2.38 bits per heavy atom. The Morgan fingerprint density at radius 3 is 2.50 bits per heavy atom. The Bertz CT molecular complexity index is 101. The van der Waals surface area contributed by atoms with Crippen LogP contribution in [0.3, 0.4) is 0 Å². The maximum absolute atomic E-state index is 9.74. The van der Waals surface area contributed by atoms with Crippen molar-refractivity contribution in [2.24, 2.45) is 0 Å². The second kappa shape index (κ2) is 3.66. The summed E-state index contributed by atoms with van der Waals surface area (Å²) < 4.78 is 13.8. The number of carbonyl (C=O) groups is 1. The lowest BCUT2D eigenvalue weighted by molar-refractivity contribution is -0.113. The molecule has 46 valence electrons. The summed E-state index contributed by atoms with van der Waals surface area (Å²) in [5.41, 5.74) is 0. The van der Waals surface area contributed by atoms with Gasteiger partial charge in [-0.15, -0.1) is 9.42 Å². The highest BCUT2D eigenvalue weighted by Crippen LogP contribution is 2.16. The summed E-state index contributed by atoms with van der Waals surface area (Å²) in [7, 11) is -2.63. The SMILES string of the molecule is CC(C=O)O[P+](=O)O. The Kier molecular flexibility index (Phi) is 3.52. The van der Waals surface area contributed by atoms with E-state index < -0.39 is 14.4 Å². The summed E-state index contributed by atoms with van der Waals surface area (Å²) in [4.78, 5) is 17.7. The van der Waals surface area contributed by atoms with E-state index in [0.717, 1.165) is 0 Å². The number of hydrogen-bond donors (Lipinski definition) is 1. The van der Waals surface area contributed by atoms with Gasteiger partial charge >= 0.3 is 8.25 Å². The average Bonchev–Trinajstić information content (AvgIpc) is 1.65. The molecule has 4 nitrogen and oxygen atoms in total. The topological polar surface area (TPSA) is 63.6 Å². The summed E-state index contributed by atoms with van der Waals surface area (Å²) in [5, 5.41) is 0. The van der Waals surface area contributed by atoms with Gasteiger partial charge in [-0.25, -0.2) is 0 Å². The lowest BCUT2D eigenvalue weighted by Crippen LogP contribution is -2.02. The largest absolute Gasteiger partial charge is 0.695 e. The second-order valence-electron chi connectivity index (χ2n) is 1.18. The molecule has 0 aliphatic heterocycles. The van der Waals surface area contributed by atoms with Gasteiger partial charge in [0.1, 0.15) is 0 Å². The van der Waals surface area contributed by atoms with E-state index in [0.29, 0.717) is 6.29 Å². The molecule has 0 fully saturated rings. The molecule has 0 saturated carbocycles. The summed E-state index contributed by atoms with van der Waals surface area (Å²) in [6.07, 6.45) is -0.340. The highest BCUT2D eigenvalue weighted by atomic mass is 31.1. The molecule has 8 heavy (non-hydrogen) atoms. The van der Waals surface area contributed by atoms with Crippen LogP contribution in [-0.4, -0.2) is 17.3 Å². The first-order valence-electron chi connectivity index (χ1n) is 1.95. The third-order valence-corrected chi connectivity index (χ3v) is 0.961. The zero-order valence-electron chi connectivity index (χ0n) is 4.27. The molecule has 2 unspecified atom stereocenters. The monoisotopic (exact) mass is 137 g/mol. The molecular formula is C3H6O4P+. The van der Waals surface area contributed by atoms with Crippen molar-refractivity contribution in [3.8, 4) is 0 Å². The Morgan fingerprint density at radius 1 is 1.88 bits per heavy atom. The molecule has 0 aliphatic carbocycles.